The molecule has 1 aliphatic carbocycles. The molecular formula is C18H18N4O4. The summed E-state index contributed by atoms with van der Waals surface area (Å²) in [5.41, 5.74) is 1.97. The van der Waals surface area contributed by atoms with Crippen LogP contribution in [0.15, 0.2) is 47.6 Å². The third kappa shape index (κ3) is 3.30. The van der Waals surface area contributed by atoms with Crippen molar-refractivity contribution in [1.29, 1.82) is 0 Å². The molecule has 8 heteroatoms. The summed E-state index contributed by atoms with van der Waals surface area (Å²) in [6.45, 7) is 5.41. The second kappa shape index (κ2) is 6.29. The van der Waals surface area contributed by atoms with Crippen LogP contribution in [0.25, 0.3) is 0 Å². The van der Waals surface area contributed by atoms with Gasteiger partial charge in [0.15, 0.2) is 0 Å². The van der Waals surface area contributed by atoms with Crippen LogP contribution in [-0.4, -0.2) is 81.6 Å². The van der Waals surface area contributed by atoms with Crippen molar-refractivity contribution in [3.05, 3.63) is 53.3 Å². The Morgan fingerprint density at radius 1 is 0.923 bits per heavy atom. The predicted octanol–water partition coefficient (Wildman–Crippen LogP) is -0.0397. The SMILES string of the molecule is O=C(O)c1ccccn1.O=C1C=C(N2CC2)C(=O)C(N2CC2)=C1N1CC1. The molecule has 8 nitrogen and oxygen atoms in total. The van der Waals surface area contributed by atoms with E-state index in [1.54, 1.807) is 12.1 Å². The maximum absolute atomic E-state index is 12.4. The van der Waals surface area contributed by atoms with E-state index in [0.717, 1.165) is 39.3 Å². The number of nitrogens with zero attached hydrogens (tertiary/aromatic N) is 4. The van der Waals surface area contributed by atoms with E-state index in [9.17, 15) is 14.4 Å². The molecule has 3 saturated heterocycles. The van der Waals surface area contributed by atoms with Crippen LogP contribution >= 0.6 is 0 Å². The third-order valence-electron chi connectivity index (χ3n) is 4.37. The van der Waals surface area contributed by atoms with E-state index >= 15 is 0 Å². The number of carboxylic acid groups (broad SMARTS) is 1. The second-order valence-corrected chi connectivity index (χ2v) is 6.40. The summed E-state index contributed by atoms with van der Waals surface area (Å²) in [5.74, 6) is -0.942. The fraction of sp³-hybridized carbons (Fsp3) is 0.333. The first-order valence-electron chi connectivity index (χ1n) is 8.50. The van der Waals surface area contributed by atoms with Crippen LogP contribution in [-0.2, 0) is 9.59 Å². The van der Waals surface area contributed by atoms with Gasteiger partial charge in [0.25, 0.3) is 0 Å². The van der Waals surface area contributed by atoms with E-state index in [1.165, 1.54) is 18.3 Å². The number of carbonyl (C=O) groups excluding carboxylic acids is 2. The number of Topliss-reactive ketones (excluding diaryl/α,β-unsaturated/α-hetero) is 1. The number of carbonyl (C=O) groups is 3. The summed E-state index contributed by atoms with van der Waals surface area (Å²) in [6.07, 6.45) is 2.97. The molecular weight excluding hydrogens is 336 g/mol. The molecule has 4 aliphatic rings. The van der Waals surface area contributed by atoms with Gasteiger partial charge >= 0.3 is 5.97 Å². The van der Waals surface area contributed by atoms with Crippen LogP contribution in [0.1, 0.15) is 10.5 Å². The Morgan fingerprint density at radius 3 is 2.00 bits per heavy atom. The summed E-state index contributed by atoms with van der Waals surface area (Å²) in [4.78, 5) is 44.2. The van der Waals surface area contributed by atoms with Crippen molar-refractivity contribution in [2.75, 3.05) is 39.3 Å². The molecule has 1 aromatic heterocycles. The highest BCUT2D eigenvalue weighted by atomic mass is 16.4. The minimum absolute atomic E-state index is 0.00546. The molecule has 0 saturated carbocycles. The van der Waals surface area contributed by atoms with Crippen molar-refractivity contribution in [2.24, 2.45) is 0 Å². The first kappa shape index (κ1) is 16.3. The number of hydrogen-bond acceptors (Lipinski definition) is 7. The van der Waals surface area contributed by atoms with Crippen LogP contribution in [0.2, 0.25) is 0 Å². The lowest BCUT2D eigenvalue weighted by Gasteiger charge is -2.21. The number of pyridine rings is 1. The zero-order valence-corrected chi connectivity index (χ0v) is 14.1. The molecule has 0 amide bonds. The highest BCUT2D eigenvalue weighted by Crippen LogP contribution is 2.33. The third-order valence-corrected chi connectivity index (χ3v) is 4.37. The lowest BCUT2D eigenvalue weighted by Crippen LogP contribution is -2.29. The van der Waals surface area contributed by atoms with Gasteiger partial charge in [0, 0.05) is 51.5 Å². The van der Waals surface area contributed by atoms with Crippen LogP contribution in [0, 0.1) is 0 Å². The number of rotatable bonds is 4. The van der Waals surface area contributed by atoms with E-state index in [-0.39, 0.29) is 17.3 Å². The van der Waals surface area contributed by atoms with Crippen LogP contribution in [0.3, 0.4) is 0 Å². The number of allylic oxidation sites excluding steroid dienone is 1. The van der Waals surface area contributed by atoms with E-state index in [0.29, 0.717) is 17.1 Å². The molecule has 134 valence electrons. The largest absolute Gasteiger partial charge is 0.477 e. The van der Waals surface area contributed by atoms with Gasteiger partial charge in [-0.1, -0.05) is 6.07 Å². The average molecular weight is 354 g/mol. The first-order chi connectivity index (χ1) is 12.6. The molecule has 26 heavy (non-hydrogen) atoms. The quantitative estimate of drug-likeness (QED) is 0.595. The minimum Gasteiger partial charge on any atom is -0.477 e. The zero-order valence-electron chi connectivity index (χ0n) is 14.1. The van der Waals surface area contributed by atoms with Crippen molar-refractivity contribution in [3.63, 3.8) is 0 Å². The second-order valence-electron chi connectivity index (χ2n) is 6.40. The highest BCUT2D eigenvalue weighted by molar-refractivity contribution is 6.22. The molecule has 3 fully saturated rings. The van der Waals surface area contributed by atoms with Crippen molar-refractivity contribution in [2.45, 2.75) is 0 Å². The van der Waals surface area contributed by atoms with E-state index in [1.807, 2.05) is 14.7 Å². The van der Waals surface area contributed by atoms with E-state index < -0.39 is 5.97 Å². The summed E-state index contributed by atoms with van der Waals surface area (Å²) in [6, 6.07) is 4.76. The Hall–Kier alpha value is -3.16. The van der Waals surface area contributed by atoms with Crippen molar-refractivity contribution >= 4 is 17.5 Å². The number of hydrogen-bond donors (Lipinski definition) is 1. The van der Waals surface area contributed by atoms with Crippen molar-refractivity contribution < 1.29 is 19.5 Å². The molecule has 0 radical (unpaired) electrons. The van der Waals surface area contributed by atoms with E-state index in [2.05, 4.69) is 4.98 Å². The standard InChI is InChI=1S/C12H13N3O2.C6H5NO2/c16-9-7-8(13-1-2-13)12(17)11(15-5-6-15)10(9)14-3-4-14;8-6(9)5-3-1-2-4-7-5/h7H,1-6H2;1-4H,(H,8,9). The summed E-state index contributed by atoms with van der Waals surface area (Å²) < 4.78 is 0. The fourth-order valence-electron chi connectivity index (χ4n) is 2.76. The Labute approximate surface area is 150 Å². The van der Waals surface area contributed by atoms with Gasteiger partial charge in [-0.25, -0.2) is 9.78 Å². The molecule has 0 spiro atoms. The Bertz CT molecular complexity index is 834. The predicted molar refractivity (Wildman–Crippen MR) is 91.0 cm³/mol. The number of aromatic carboxylic acids is 1. The zero-order chi connectivity index (χ0) is 18.3. The van der Waals surface area contributed by atoms with Gasteiger partial charge in [0.1, 0.15) is 17.1 Å². The summed E-state index contributed by atoms with van der Waals surface area (Å²) in [5, 5.41) is 8.32. The average Bonchev–Trinajstić information content (AvgIpc) is 3.50. The van der Waals surface area contributed by atoms with Gasteiger partial charge in [0.2, 0.25) is 11.6 Å². The Balaban J connectivity index is 0.000000160. The monoisotopic (exact) mass is 354 g/mol. The number of aromatic nitrogens is 1. The van der Waals surface area contributed by atoms with Gasteiger partial charge in [-0.3, -0.25) is 9.59 Å². The molecule has 4 heterocycles. The van der Waals surface area contributed by atoms with Crippen molar-refractivity contribution in [1.82, 2.24) is 19.7 Å². The molecule has 5 rings (SSSR count). The summed E-state index contributed by atoms with van der Waals surface area (Å²) in [7, 11) is 0. The maximum atomic E-state index is 12.4. The topological polar surface area (TPSA) is 93.4 Å². The van der Waals surface area contributed by atoms with Crippen LogP contribution in [0.4, 0.5) is 0 Å². The molecule has 0 atom stereocenters. The smallest absolute Gasteiger partial charge is 0.354 e. The molecule has 3 aliphatic heterocycles. The minimum atomic E-state index is -0.990. The van der Waals surface area contributed by atoms with Gasteiger partial charge in [-0.15, -0.1) is 0 Å². The lowest BCUT2D eigenvalue weighted by atomic mass is 10.0. The van der Waals surface area contributed by atoms with Crippen LogP contribution < -0.4 is 0 Å². The molecule has 0 aromatic carbocycles. The Kier molecular flexibility index (Phi) is 3.95. The maximum Gasteiger partial charge on any atom is 0.354 e. The normalized spacial score (nSPS) is 20.5. The van der Waals surface area contributed by atoms with Crippen LogP contribution in [0.5, 0.6) is 0 Å². The number of carboxylic acids is 1. The fourth-order valence-corrected chi connectivity index (χ4v) is 2.76. The van der Waals surface area contributed by atoms with Crippen molar-refractivity contribution in [3.8, 4) is 0 Å². The van der Waals surface area contributed by atoms with Gasteiger partial charge in [-0.05, 0) is 12.1 Å². The molecule has 1 aromatic rings. The van der Waals surface area contributed by atoms with Gasteiger partial charge in [-0.2, -0.15) is 0 Å². The van der Waals surface area contributed by atoms with Gasteiger partial charge < -0.3 is 19.8 Å². The summed E-state index contributed by atoms with van der Waals surface area (Å²) >= 11 is 0. The molecule has 1 N–H and O–H groups in total. The Morgan fingerprint density at radius 2 is 1.54 bits per heavy atom. The van der Waals surface area contributed by atoms with Gasteiger partial charge in [0.05, 0.1) is 5.70 Å². The highest BCUT2D eigenvalue weighted by Gasteiger charge is 2.43. The molecule has 0 bridgehead atoms. The lowest BCUT2D eigenvalue weighted by molar-refractivity contribution is -0.117. The number of ketones is 2. The molecule has 0 unspecified atom stereocenters. The first-order valence-corrected chi connectivity index (χ1v) is 8.50. The van der Waals surface area contributed by atoms with E-state index in [4.69, 9.17) is 5.11 Å².